The van der Waals surface area contributed by atoms with Gasteiger partial charge in [0.1, 0.15) is 0 Å². The molecule has 1 saturated carbocycles. The van der Waals surface area contributed by atoms with Crippen molar-refractivity contribution in [2.75, 3.05) is 12.4 Å². The Morgan fingerprint density at radius 2 is 2.17 bits per heavy atom. The molecule has 0 radical (unpaired) electrons. The SMILES string of the molecule is CC(C)N(CCCCl)C(=O)C1CCCC(F)(F)C1. The second kappa shape index (κ2) is 6.69. The molecule has 2 nitrogen and oxygen atoms in total. The number of carbonyl (C=O) groups excluding carboxylic acids is 1. The Balaban J connectivity index is 2.64. The summed E-state index contributed by atoms with van der Waals surface area (Å²) in [5.74, 6) is -2.84. The number of hydrogen-bond donors (Lipinski definition) is 0. The van der Waals surface area contributed by atoms with Crippen molar-refractivity contribution in [3.63, 3.8) is 0 Å². The first kappa shape index (κ1) is 15.7. The van der Waals surface area contributed by atoms with E-state index < -0.39 is 11.8 Å². The van der Waals surface area contributed by atoms with Gasteiger partial charge in [0.05, 0.1) is 0 Å². The van der Waals surface area contributed by atoms with E-state index in [4.69, 9.17) is 11.6 Å². The fourth-order valence-corrected chi connectivity index (χ4v) is 2.59. The molecule has 0 aromatic rings. The van der Waals surface area contributed by atoms with Crippen LogP contribution in [0.3, 0.4) is 0 Å². The van der Waals surface area contributed by atoms with Gasteiger partial charge in [-0.2, -0.15) is 0 Å². The van der Waals surface area contributed by atoms with E-state index in [1.165, 1.54) is 0 Å². The molecule has 1 fully saturated rings. The maximum absolute atomic E-state index is 13.3. The van der Waals surface area contributed by atoms with Crippen LogP contribution in [0.5, 0.6) is 0 Å². The van der Waals surface area contributed by atoms with E-state index in [1.807, 2.05) is 13.8 Å². The summed E-state index contributed by atoms with van der Waals surface area (Å²) in [6.45, 7) is 4.38. The molecule has 5 heteroatoms. The third kappa shape index (κ3) is 4.38. The lowest BCUT2D eigenvalue weighted by Crippen LogP contribution is -2.44. The van der Waals surface area contributed by atoms with E-state index in [0.29, 0.717) is 31.7 Å². The molecule has 0 saturated heterocycles. The first-order valence-corrected chi connectivity index (χ1v) is 7.15. The van der Waals surface area contributed by atoms with Gasteiger partial charge in [-0.15, -0.1) is 11.6 Å². The van der Waals surface area contributed by atoms with Gasteiger partial charge in [0, 0.05) is 37.2 Å². The van der Waals surface area contributed by atoms with Gasteiger partial charge in [0.25, 0.3) is 0 Å². The monoisotopic (exact) mass is 281 g/mol. The van der Waals surface area contributed by atoms with Crippen LogP contribution < -0.4 is 0 Å². The lowest BCUT2D eigenvalue weighted by Gasteiger charge is -2.34. The fraction of sp³-hybridized carbons (Fsp3) is 0.923. The molecule has 0 N–H and O–H groups in total. The van der Waals surface area contributed by atoms with Crippen LogP contribution >= 0.6 is 11.6 Å². The van der Waals surface area contributed by atoms with Crippen LogP contribution in [-0.2, 0) is 4.79 Å². The highest BCUT2D eigenvalue weighted by atomic mass is 35.5. The van der Waals surface area contributed by atoms with Crippen molar-refractivity contribution in [2.45, 2.75) is 57.9 Å². The van der Waals surface area contributed by atoms with Crippen molar-refractivity contribution < 1.29 is 13.6 Å². The van der Waals surface area contributed by atoms with Crippen LogP contribution in [0.4, 0.5) is 8.78 Å². The van der Waals surface area contributed by atoms with E-state index in [1.54, 1.807) is 4.90 Å². The second-order valence-corrected chi connectivity index (χ2v) is 5.70. The molecule has 0 aliphatic heterocycles. The largest absolute Gasteiger partial charge is 0.340 e. The Morgan fingerprint density at radius 3 is 2.67 bits per heavy atom. The lowest BCUT2D eigenvalue weighted by atomic mass is 9.85. The van der Waals surface area contributed by atoms with Crippen LogP contribution in [0.25, 0.3) is 0 Å². The van der Waals surface area contributed by atoms with Gasteiger partial charge >= 0.3 is 0 Å². The van der Waals surface area contributed by atoms with Gasteiger partial charge in [-0.25, -0.2) is 8.78 Å². The van der Waals surface area contributed by atoms with Crippen molar-refractivity contribution in [1.82, 2.24) is 4.90 Å². The molecule has 1 aliphatic rings. The first-order chi connectivity index (χ1) is 8.37. The van der Waals surface area contributed by atoms with Crippen molar-refractivity contribution >= 4 is 17.5 Å². The van der Waals surface area contributed by atoms with Gasteiger partial charge in [-0.05, 0) is 33.1 Å². The van der Waals surface area contributed by atoms with Crippen LogP contribution in [0.2, 0.25) is 0 Å². The van der Waals surface area contributed by atoms with Gasteiger partial charge < -0.3 is 4.90 Å². The topological polar surface area (TPSA) is 20.3 Å². The highest BCUT2D eigenvalue weighted by molar-refractivity contribution is 6.17. The van der Waals surface area contributed by atoms with Crippen LogP contribution in [0.15, 0.2) is 0 Å². The van der Waals surface area contributed by atoms with E-state index in [-0.39, 0.29) is 24.8 Å². The average Bonchev–Trinajstić information content (AvgIpc) is 2.27. The minimum absolute atomic E-state index is 0.0382. The van der Waals surface area contributed by atoms with Crippen molar-refractivity contribution in [1.29, 1.82) is 0 Å². The number of carbonyl (C=O) groups is 1. The Hall–Kier alpha value is -0.380. The molecule has 1 amide bonds. The molecule has 0 aromatic heterocycles. The summed E-state index contributed by atoms with van der Waals surface area (Å²) in [5, 5.41) is 0. The van der Waals surface area contributed by atoms with E-state index >= 15 is 0 Å². The Bertz CT molecular complexity index is 284. The number of hydrogen-bond acceptors (Lipinski definition) is 1. The number of rotatable bonds is 5. The molecule has 1 unspecified atom stereocenters. The van der Waals surface area contributed by atoms with Crippen molar-refractivity contribution in [3.8, 4) is 0 Å². The Labute approximate surface area is 113 Å². The smallest absolute Gasteiger partial charge is 0.248 e. The maximum atomic E-state index is 13.3. The van der Waals surface area contributed by atoms with Gasteiger partial charge in [-0.3, -0.25) is 4.79 Å². The van der Waals surface area contributed by atoms with Gasteiger partial charge in [0.2, 0.25) is 11.8 Å². The predicted molar refractivity (Wildman–Crippen MR) is 69.1 cm³/mol. The minimum Gasteiger partial charge on any atom is -0.340 e. The maximum Gasteiger partial charge on any atom is 0.248 e. The third-order valence-corrected chi connectivity index (χ3v) is 3.70. The van der Waals surface area contributed by atoms with Gasteiger partial charge in [-0.1, -0.05) is 0 Å². The lowest BCUT2D eigenvalue weighted by molar-refractivity contribution is -0.144. The second-order valence-electron chi connectivity index (χ2n) is 5.32. The summed E-state index contributed by atoms with van der Waals surface area (Å²) >= 11 is 5.63. The fourth-order valence-electron chi connectivity index (χ4n) is 2.47. The van der Waals surface area contributed by atoms with E-state index in [9.17, 15) is 13.6 Å². The molecule has 0 heterocycles. The summed E-state index contributed by atoms with van der Waals surface area (Å²) < 4.78 is 26.7. The Morgan fingerprint density at radius 1 is 1.50 bits per heavy atom. The zero-order valence-corrected chi connectivity index (χ0v) is 11.8. The van der Waals surface area contributed by atoms with Crippen molar-refractivity contribution in [3.05, 3.63) is 0 Å². The molecule has 0 aromatic carbocycles. The molecule has 0 bridgehead atoms. The molecular formula is C13H22ClF2NO. The molecule has 106 valence electrons. The number of alkyl halides is 3. The predicted octanol–water partition coefficient (Wildman–Crippen LogP) is 3.68. The number of amides is 1. The number of halogens is 3. The van der Waals surface area contributed by atoms with E-state index in [0.717, 1.165) is 0 Å². The zero-order chi connectivity index (χ0) is 13.8. The standard InChI is InChI=1S/C13H22ClF2NO/c1-10(2)17(8-4-7-14)12(18)11-5-3-6-13(15,16)9-11/h10-11H,3-9H2,1-2H3. The summed E-state index contributed by atoms with van der Waals surface area (Å²) in [5.41, 5.74) is 0. The molecule has 18 heavy (non-hydrogen) atoms. The molecule has 1 aliphatic carbocycles. The van der Waals surface area contributed by atoms with Gasteiger partial charge in [0.15, 0.2) is 0 Å². The summed E-state index contributed by atoms with van der Waals surface area (Å²) in [7, 11) is 0. The van der Waals surface area contributed by atoms with E-state index in [2.05, 4.69) is 0 Å². The molecule has 1 atom stereocenters. The summed E-state index contributed by atoms with van der Waals surface area (Å²) in [6, 6.07) is 0.0382. The highest BCUT2D eigenvalue weighted by Gasteiger charge is 2.40. The third-order valence-electron chi connectivity index (χ3n) is 3.43. The molecule has 1 rings (SSSR count). The minimum atomic E-state index is -2.67. The van der Waals surface area contributed by atoms with Crippen molar-refractivity contribution in [2.24, 2.45) is 5.92 Å². The van der Waals surface area contributed by atoms with Crippen LogP contribution in [0.1, 0.15) is 46.0 Å². The zero-order valence-electron chi connectivity index (χ0n) is 11.1. The first-order valence-electron chi connectivity index (χ1n) is 6.61. The molecule has 0 spiro atoms. The summed E-state index contributed by atoms with van der Waals surface area (Å²) in [4.78, 5) is 14.0. The van der Waals surface area contributed by atoms with Crippen LogP contribution in [-0.4, -0.2) is 35.2 Å². The highest BCUT2D eigenvalue weighted by Crippen LogP contribution is 2.37. The summed E-state index contributed by atoms with van der Waals surface area (Å²) in [6.07, 6.45) is 1.34. The molecular weight excluding hydrogens is 260 g/mol. The average molecular weight is 282 g/mol. The van der Waals surface area contributed by atoms with Crippen LogP contribution in [0, 0.1) is 5.92 Å². The Kier molecular flexibility index (Phi) is 5.83. The quantitative estimate of drug-likeness (QED) is 0.704. The normalized spacial score (nSPS) is 23.1. The number of nitrogens with zero attached hydrogens (tertiary/aromatic N) is 1.